The predicted octanol–water partition coefficient (Wildman–Crippen LogP) is 4.25. The molecule has 0 atom stereocenters. The monoisotopic (exact) mass is 309 g/mol. The lowest BCUT2D eigenvalue weighted by Gasteiger charge is -2.25. The van der Waals surface area contributed by atoms with E-state index in [1.807, 2.05) is 11.3 Å². The standard InChI is InChI=1S/C17H31N3S/c1-6-18-9-15-16(14-7-8-14)19-17(21-15)20(10-12(2)3)11-13(4)5/h12-14,18H,6-11H2,1-5H3. The second-order valence-electron chi connectivity index (χ2n) is 7.05. The van der Waals surface area contributed by atoms with Gasteiger partial charge in [0.15, 0.2) is 5.13 Å². The number of aromatic nitrogens is 1. The van der Waals surface area contributed by atoms with Crippen LogP contribution in [0.5, 0.6) is 0 Å². The summed E-state index contributed by atoms with van der Waals surface area (Å²) in [5.74, 6) is 2.09. The number of nitrogens with zero attached hydrogens (tertiary/aromatic N) is 2. The minimum Gasteiger partial charge on any atom is -0.348 e. The number of hydrogen-bond acceptors (Lipinski definition) is 4. The van der Waals surface area contributed by atoms with Crippen molar-refractivity contribution in [3.63, 3.8) is 0 Å². The maximum atomic E-state index is 5.04. The molecule has 21 heavy (non-hydrogen) atoms. The topological polar surface area (TPSA) is 28.2 Å². The molecule has 1 aromatic heterocycles. The molecule has 1 aliphatic carbocycles. The van der Waals surface area contributed by atoms with Gasteiger partial charge >= 0.3 is 0 Å². The molecule has 120 valence electrons. The van der Waals surface area contributed by atoms with Crippen LogP contribution in [0.15, 0.2) is 0 Å². The van der Waals surface area contributed by atoms with Crippen molar-refractivity contribution in [3.05, 3.63) is 10.6 Å². The molecule has 1 heterocycles. The van der Waals surface area contributed by atoms with Gasteiger partial charge < -0.3 is 10.2 Å². The van der Waals surface area contributed by atoms with Crippen molar-refractivity contribution in [1.82, 2.24) is 10.3 Å². The van der Waals surface area contributed by atoms with Gasteiger partial charge in [0.1, 0.15) is 0 Å². The third-order valence-corrected chi connectivity index (χ3v) is 4.79. The highest BCUT2D eigenvalue weighted by Gasteiger charge is 2.30. The van der Waals surface area contributed by atoms with Gasteiger partial charge in [0, 0.05) is 30.4 Å². The van der Waals surface area contributed by atoms with E-state index in [0.717, 1.165) is 32.1 Å². The average Bonchev–Trinajstić information content (AvgIpc) is 3.15. The molecule has 1 aromatic rings. The van der Waals surface area contributed by atoms with Crippen LogP contribution in [0.4, 0.5) is 5.13 Å². The Morgan fingerprint density at radius 1 is 1.19 bits per heavy atom. The summed E-state index contributed by atoms with van der Waals surface area (Å²) in [6.07, 6.45) is 2.66. The van der Waals surface area contributed by atoms with E-state index < -0.39 is 0 Å². The number of hydrogen-bond donors (Lipinski definition) is 1. The van der Waals surface area contributed by atoms with Crippen molar-refractivity contribution < 1.29 is 0 Å². The van der Waals surface area contributed by atoms with Crippen molar-refractivity contribution in [2.75, 3.05) is 24.5 Å². The highest BCUT2D eigenvalue weighted by atomic mass is 32.1. The van der Waals surface area contributed by atoms with Crippen LogP contribution in [-0.4, -0.2) is 24.6 Å². The number of rotatable bonds is 9. The average molecular weight is 310 g/mol. The van der Waals surface area contributed by atoms with Gasteiger partial charge in [-0.2, -0.15) is 0 Å². The first-order valence-electron chi connectivity index (χ1n) is 8.46. The molecular formula is C17H31N3S. The van der Waals surface area contributed by atoms with Gasteiger partial charge in [-0.25, -0.2) is 4.98 Å². The van der Waals surface area contributed by atoms with Gasteiger partial charge in [0.05, 0.1) is 5.69 Å². The van der Waals surface area contributed by atoms with Gasteiger partial charge in [0.2, 0.25) is 0 Å². The first-order valence-corrected chi connectivity index (χ1v) is 9.28. The van der Waals surface area contributed by atoms with Crippen molar-refractivity contribution in [1.29, 1.82) is 0 Å². The summed E-state index contributed by atoms with van der Waals surface area (Å²) >= 11 is 1.91. The summed E-state index contributed by atoms with van der Waals surface area (Å²) in [6.45, 7) is 15.6. The Hall–Kier alpha value is -0.610. The van der Waals surface area contributed by atoms with Crippen molar-refractivity contribution in [3.8, 4) is 0 Å². The highest BCUT2D eigenvalue weighted by Crippen LogP contribution is 2.44. The molecule has 3 nitrogen and oxygen atoms in total. The molecule has 0 saturated heterocycles. The van der Waals surface area contributed by atoms with Crippen LogP contribution < -0.4 is 10.2 Å². The minimum absolute atomic E-state index is 0.675. The second kappa shape index (κ2) is 7.59. The molecule has 0 bridgehead atoms. The third-order valence-electron chi connectivity index (χ3n) is 3.66. The first-order chi connectivity index (χ1) is 10.0. The lowest BCUT2D eigenvalue weighted by molar-refractivity contribution is 0.551. The van der Waals surface area contributed by atoms with Crippen LogP contribution in [0.2, 0.25) is 0 Å². The van der Waals surface area contributed by atoms with Crippen LogP contribution in [0.1, 0.15) is 63.9 Å². The second-order valence-corrected chi connectivity index (χ2v) is 8.11. The first kappa shape index (κ1) is 16.8. The van der Waals surface area contributed by atoms with E-state index >= 15 is 0 Å². The number of anilines is 1. The fraction of sp³-hybridized carbons (Fsp3) is 0.824. The molecule has 0 unspecified atom stereocenters. The fourth-order valence-electron chi connectivity index (χ4n) is 2.64. The molecule has 1 fully saturated rings. The van der Waals surface area contributed by atoms with Crippen molar-refractivity contribution >= 4 is 16.5 Å². The summed E-state index contributed by atoms with van der Waals surface area (Å²) in [7, 11) is 0. The highest BCUT2D eigenvalue weighted by molar-refractivity contribution is 7.15. The van der Waals surface area contributed by atoms with E-state index in [1.165, 1.54) is 28.5 Å². The summed E-state index contributed by atoms with van der Waals surface area (Å²) < 4.78 is 0. The van der Waals surface area contributed by atoms with Crippen molar-refractivity contribution in [2.24, 2.45) is 11.8 Å². The third kappa shape index (κ3) is 4.96. The Labute approximate surface area is 134 Å². The summed E-state index contributed by atoms with van der Waals surface area (Å²) in [4.78, 5) is 9.00. The fourth-order valence-corrected chi connectivity index (χ4v) is 3.77. The van der Waals surface area contributed by atoms with Crippen LogP contribution in [0.25, 0.3) is 0 Å². The van der Waals surface area contributed by atoms with Gasteiger partial charge in [-0.3, -0.25) is 0 Å². The van der Waals surface area contributed by atoms with Gasteiger partial charge in [0.25, 0.3) is 0 Å². The van der Waals surface area contributed by atoms with Gasteiger partial charge in [-0.15, -0.1) is 11.3 Å². The Bertz CT molecular complexity index is 425. The molecule has 1 aliphatic rings. The van der Waals surface area contributed by atoms with E-state index in [4.69, 9.17) is 4.98 Å². The maximum Gasteiger partial charge on any atom is 0.185 e. The predicted molar refractivity (Wildman–Crippen MR) is 93.4 cm³/mol. The maximum absolute atomic E-state index is 5.04. The van der Waals surface area contributed by atoms with Crippen LogP contribution in [-0.2, 0) is 6.54 Å². The largest absolute Gasteiger partial charge is 0.348 e. The molecule has 0 aliphatic heterocycles. The van der Waals surface area contributed by atoms with Gasteiger partial charge in [-0.1, -0.05) is 34.6 Å². The van der Waals surface area contributed by atoms with E-state index in [9.17, 15) is 0 Å². The Morgan fingerprint density at radius 3 is 2.29 bits per heavy atom. The number of nitrogens with one attached hydrogen (secondary N) is 1. The zero-order chi connectivity index (χ0) is 15.4. The normalized spacial score (nSPS) is 15.2. The lowest BCUT2D eigenvalue weighted by Crippen LogP contribution is -2.31. The van der Waals surface area contributed by atoms with Crippen LogP contribution in [0, 0.1) is 11.8 Å². The summed E-state index contributed by atoms with van der Waals surface area (Å²) in [6, 6.07) is 0. The zero-order valence-corrected chi connectivity index (χ0v) is 15.1. The number of thiazole rings is 1. The molecular weight excluding hydrogens is 278 g/mol. The SMILES string of the molecule is CCNCc1sc(N(CC(C)C)CC(C)C)nc1C1CC1. The van der Waals surface area contributed by atoms with Crippen LogP contribution in [0.3, 0.4) is 0 Å². The molecule has 1 saturated carbocycles. The van der Waals surface area contributed by atoms with E-state index in [-0.39, 0.29) is 0 Å². The molecule has 1 N–H and O–H groups in total. The molecule has 0 spiro atoms. The quantitative estimate of drug-likeness (QED) is 0.739. The minimum atomic E-state index is 0.675. The summed E-state index contributed by atoms with van der Waals surface area (Å²) in [5, 5.41) is 4.72. The van der Waals surface area contributed by atoms with E-state index in [2.05, 4.69) is 44.8 Å². The molecule has 2 rings (SSSR count). The Balaban J connectivity index is 2.18. The molecule has 0 radical (unpaired) electrons. The molecule has 4 heteroatoms. The van der Waals surface area contributed by atoms with Crippen molar-refractivity contribution in [2.45, 2.75) is 59.9 Å². The lowest BCUT2D eigenvalue weighted by atomic mass is 10.1. The summed E-state index contributed by atoms with van der Waals surface area (Å²) in [5.41, 5.74) is 1.38. The Kier molecular flexibility index (Phi) is 6.06. The zero-order valence-electron chi connectivity index (χ0n) is 14.3. The smallest absolute Gasteiger partial charge is 0.185 e. The van der Waals surface area contributed by atoms with E-state index in [0.29, 0.717) is 11.8 Å². The van der Waals surface area contributed by atoms with Gasteiger partial charge in [-0.05, 0) is 31.2 Å². The van der Waals surface area contributed by atoms with Crippen LogP contribution >= 0.6 is 11.3 Å². The molecule has 0 amide bonds. The molecule has 0 aromatic carbocycles. The Morgan fingerprint density at radius 2 is 1.81 bits per heavy atom. The van der Waals surface area contributed by atoms with E-state index in [1.54, 1.807) is 0 Å².